The van der Waals surface area contributed by atoms with Gasteiger partial charge in [0.05, 0.1) is 0 Å². The van der Waals surface area contributed by atoms with E-state index in [1.165, 1.54) is 27.7 Å². The second-order valence-corrected chi connectivity index (χ2v) is 5.62. The Kier molecular flexibility index (Phi) is 4.07. The molecule has 0 saturated carbocycles. The highest BCUT2D eigenvalue weighted by Gasteiger charge is 2.16. The molecule has 0 amide bonds. The number of nitrogens with one attached hydrogen (secondary N) is 2. The van der Waals surface area contributed by atoms with Gasteiger partial charge in [-0.1, -0.05) is 48.5 Å². The first kappa shape index (κ1) is 13.9. The van der Waals surface area contributed by atoms with Crippen LogP contribution in [0.3, 0.4) is 0 Å². The van der Waals surface area contributed by atoms with E-state index >= 15 is 0 Å². The third kappa shape index (κ3) is 2.86. The van der Waals surface area contributed by atoms with Gasteiger partial charge in [-0.2, -0.15) is 0 Å². The first-order valence-corrected chi connectivity index (χ1v) is 7.57. The summed E-state index contributed by atoms with van der Waals surface area (Å²) in [4.78, 5) is 3.64. The van der Waals surface area contributed by atoms with E-state index in [0.717, 1.165) is 13.0 Å². The van der Waals surface area contributed by atoms with Crippen LogP contribution in [0, 0.1) is 6.92 Å². The van der Waals surface area contributed by atoms with Crippen LogP contribution in [0.15, 0.2) is 54.6 Å². The van der Waals surface area contributed by atoms with Gasteiger partial charge < -0.3 is 10.3 Å². The van der Waals surface area contributed by atoms with Crippen molar-refractivity contribution >= 4 is 10.9 Å². The van der Waals surface area contributed by atoms with E-state index in [2.05, 4.69) is 71.8 Å². The topological polar surface area (TPSA) is 27.8 Å². The van der Waals surface area contributed by atoms with E-state index in [-0.39, 0.29) is 0 Å². The minimum absolute atomic E-state index is 0.408. The highest BCUT2D eigenvalue weighted by molar-refractivity contribution is 5.83. The number of aryl methyl sites for hydroxylation is 1. The average molecular weight is 278 g/mol. The molecule has 2 nitrogen and oxygen atoms in total. The fourth-order valence-corrected chi connectivity index (χ4v) is 2.99. The van der Waals surface area contributed by atoms with Crippen molar-refractivity contribution < 1.29 is 0 Å². The van der Waals surface area contributed by atoms with Crippen molar-refractivity contribution in [1.82, 2.24) is 10.3 Å². The first-order valence-electron chi connectivity index (χ1n) is 7.57. The predicted octanol–water partition coefficient (Wildman–Crippen LogP) is 4.22. The molecule has 0 aliphatic carbocycles. The largest absolute Gasteiger partial charge is 0.358 e. The van der Waals surface area contributed by atoms with Crippen molar-refractivity contribution in [2.45, 2.75) is 19.3 Å². The van der Waals surface area contributed by atoms with E-state index in [4.69, 9.17) is 0 Å². The summed E-state index contributed by atoms with van der Waals surface area (Å²) in [6, 6.07) is 19.5. The van der Waals surface area contributed by atoms with Gasteiger partial charge in [0.25, 0.3) is 0 Å². The van der Waals surface area contributed by atoms with Crippen LogP contribution < -0.4 is 5.32 Å². The van der Waals surface area contributed by atoms with Crippen LogP contribution in [0.2, 0.25) is 0 Å². The Balaban J connectivity index is 2.03. The molecule has 0 aliphatic heterocycles. The molecule has 0 aliphatic rings. The zero-order valence-electron chi connectivity index (χ0n) is 12.7. The van der Waals surface area contributed by atoms with E-state index in [0.29, 0.717) is 5.92 Å². The molecule has 2 heteroatoms. The summed E-state index contributed by atoms with van der Waals surface area (Å²) in [7, 11) is 2.01. The molecule has 0 fully saturated rings. The Labute approximate surface area is 126 Å². The van der Waals surface area contributed by atoms with Crippen molar-refractivity contribution in [3.8, 4) is 0 Å². The van der Waals surface area contributed by atoms with Gasteiger partial charge in [-0.05, 0) is 49.5 Å². The number of aromatic amines is 1. The van der Waals surface area contributed by atoms with Gasteiger partial charge in [-0.15, -0.1) is 0 Å². The minimum atomic E-state index is 0.408. The maximum absolute atomic E-state index is 3.64. The minimum Gasteiger partial charge on any atom is -0.358 e. The van der Waals surface area contributed by atoms with Crippen LogP contribution in [0.1, 0.15) is 29.2 Å². The third-order valence-corrected chi connectivity index (χ3v) is 4.15. The summed E-state index contributed by atoms with van der Waals surface area (Å²) in [5, 5.41) is 4.57. The van der Waals surface area contributed by atoms with Crippen molar-refractivity contribution in [2.75, 3.05) is 13.6 Å². The van der Waals surface area contributed by atoms with E-state index < -0.39 is 0 Å². The lowest BCUT2D eigenvalue weighted by Gasteiger charge is -2.16. The number of para-hydroxylation sites is 1. The summed E-state index contributed by atoms with van der Waals surface area (Å²) >= 11 is 0. The monoisotopic (exact) mass is 278 g/mol. The van der Waals surface area contributed by atoms with E-state index in [9.17, 15) is 0 Å². The highest BCUT2D eigenvalue weighted by Crippen LogP contribution is 2.30. The van der Waals surface area contributed by atoms with Crippen molar-refractivity contribution in [3.05, 3.63) is 71.4 Å². The standard InChI is InChI=1S/C19H22N2/c1-14-7-6-10-16-13-18(21-19(14)16)17(11-12-20-2)15-8-4-3-5-9-15/h3-10,13,17,20-21H,11-12H2,1-2H3. The first-order chi connectivity index (χ1) is 10.3. The molecule has 1 heterocycles. The summed E-state index contributed by atoms with van der Waals surface area (Å²) in [5.74, 6) is 0.408. The third-order valence-electron chi connectivity index (χ3n) is 4.15. The highest BCUT2D eigenvalue weighted by atomic mass is 14.8. The van der Waals surface area contributed by atoms with Gasteiger partial charge in [0.15, 0.2) is 0 Å². The maximum atomic E-state index is 3.64. The van der Waals surface area contributed by atoms with Crippen LogP contribution in [-0.2, 0) is 0 Å². The van der Waals surface area contributed by atoms with Crippen molar-refractivity contribution in [3.63, 3.8) is 0 Å². The lowest BCUT2D eigenvalue weighted by atomic mass is 9.92. The van der Waals surface area contributed by atoms with Crippen LogP contribution in [0.4, 0.5) is 0 Å². The number of H-pyrrole nitrogens is 1. The number of benzene rings is 2. The molecule has 2 N–H and O–H groups in total. The smallest absolute Gasteiger partial charge is 0.0485 e. The molecule has 0 spiro atoms. The summed E-state index contributed by atoms with van der Waals surface area (Å²) in [5.41, 5.74) is 5.25. The number of hydrogen-bond acceptors (Lipinski definition) is 1. The summed E-state index contributed by atoms with van der Waals surface area (Å²) in [6.45, 7) is 3.17. The zero-order valence-corrected chi connectivity index (χ0v) is 12.7. The molecule has 2 aromatic carbocycles. The Morgan fingerprint density at radius 3 is 2.57 bits per heavy atom. The second-order valence-electron chi connectivity index (χ2n) is 5.62. The predicted molar refractivity (Wildman–Crippen MR) is 89.9 cm³/mol. The Morgan fingerprint density at radius 1 is 1.05 bits per heavy atom. The number of fused-ring (bicyclic) bond motifs is 1. The Bertz CT molecular complexity index is 713. The van der Waals surface area contributed by atoms with Crippen molar-refractivity contribution in [2.24, 2.45) is 0 Å². The molecule has 0 saturated heterocycles. The van der Waals surface area contributed by atoms with Crippen molar-refractivity contribution in [1.29, 1.82) is 0 Å². The number of hydrogen-bond donors (Lipinski definition) is 2. The van der Waals surface area contributed by atoms with Gasteiger partial charge in [0.2, 0.25) is 0 Å². The Morgan fingerprint density at radius 2 is 1.86 bits per heavy atom. The number of rotatable bonds is 5. The quantitative estimate of drug-likeness (QED) is 0.718. The van der Waals surface area contributed by atoms with Crippen LogP contribution in [-0.4, -0.2) is 18.6 Å². The molecule has 3 rings (SSSR count). The fourth-order valence-electron chi connectivity index (χ4n) is 2.99. The molecule has 0 bridgehead atoms. The lowest BCUT2D eigenvalue weighted by molar-refractivity contribution is 0.653. The second kappa shape index (κ2) is 6.15. The molecule has 108 valence electrons. The molecular formula is C19H22N2. The van der Waals surface area contributed by atoms with Gasteiger partial charge in [-0.25, -0.2) is 0 Å². The molecule has 1 aromatic heterocycles. The van der Waals surface area contributed by atoms with Crippen LogP contribution in [0.5, 0.6) is 0 Å². The van der Waals surface area contributed by atoms with Gasteiger partial charge in [0, 0.05) is 17.1 Å². The lowest BCUT2D eigenvalue weighted by Crippen LogP contribution is -2.13. The van der Waals surface area contributed by atoms with E-state index in [1.807, 2.05) is 7.05 Å². The molecule has 1 unspecified atom stereocenters. The molecule has 3 aromatic rings. The molecule has 0 radical (unpaired) electrons. The SMILES string of the molecule is CNCCC(c1ccccc1)c1cc2cccc(C)c2[nH]1. The molecule has 1 atom stereocenters. The van der Waals surface area contributed by atoms with Crippen LogP contribution >= 0.6 is 0 Å². The fraction of sp³-hybridized carbons (Fsp3) is 0.263. The zero-order chi connectivity index (χ0) is 14.7. The maximum Gasteiger partial charge on any atom is 0.0485 e. The molecule has 21 heavy (non-hydrogen) atoms. The Hall–Kier alpha value is -2.06. The van der Waals surface area contributed by atoms with Gasteiger partial charge in [-0.3, -0.25) is 0 Å². The van der Waals surface area contributed by atoms with E-state index in [1.54, 1.807) is 0 Å². The van der Waals surface area contributed by atoms with Crippen LogP contribution in [0.25, 0.3) is 10.9 Å². The summed E-state index contributed by atoms with van der Waals surface area (Å²) < 4.78 is 0. The van der Waals surface area contributed by atoms with Gasteiger partial charge >= 0.3 is 0 Å². The molecular weight excluding hydrogens is 256 g/mol. The normalized spacial score (nSPS) is 12.7. The average Bonchev–Trinajstić information content (AvgIpc) is 2.94. The number of aromatic nitrogens is 1. The summed E-state index contributed by atoms with van der Waals surface area (Å²) in [6.07, 6.45) is 1.09. The van der Waals surface area contributed by atoms with Gasteiger partial charge in [0.1, 0.15) is 0 Å².